The normalized spacial score (nSPS) is 10.3. The van der Waals surface area contributed by atoms with Crippen molar-refractivity contribution >= 4 is 37.5 Å². The molecule has 0 amide bonds. The summed E-state index contributed by atoms with van der Waals surface area (Å²) < 4.78 is 2.07. The van der Waals surface area contributed by atoms with Gasteiger partial charge in [0.25, 0.3) is 0 Å². The Morgan fingerprint density at radius 1 is 1.24 bits per heavy atom. The number of nitrogens with zero attached hydrogens (tertiary/aromatic N) is 2. The van der Waals surface area contributed by atoms with E-state index in [0.29, 0.717) is 6.54 Å². The first-order valence-corrected chi connectivity index (χ1v) is 6.71. The molecule has 1 aromatic heterocycles. The quantitative estimate of drug-likeness (QED) is 0.905. The Morgan fingerprint density at radius 2 is 2.06 bits per heavy atom. The Bertz CT molecular complexity index is 529. The first kappa shape index (κ1) is 12.5. The van der Waals surface area contributed by atoms with Crippen molar-refractivity contribution in [2.75, 3.05) is 5.32 Å². The van der Waals surface area contributed by atoms with Gasteiger partial charge in [0.2, 0.25) is 0 Å². The van der Waals surface area contributed by atoms with Crippen LogP contribution in [0.15, 0.2) is 39.4 Å². The molecule has 0 unspecified atom stereocenters. The molecule has 1 heterocycles. The minimum atomic E-state index is 0.684. The Hall–Kier alpha value is -0.940. The van der Waals surface area contributed by atoms with E-state index in [2.05, 4.69) is 47.1 Å². The predicted octanol–water partition coefficient (Wildman–Crippen LogP) is 3.92. The summed E-state index contributed by atoms with van der Waals surface area (Å²) in [5, 5.41) is 3.33. The fraction of sp³-hybridized carbons (Fsp3) is 0.167. The van der Waals surface area contributed by atoms with Gasteiger partial charge in [-0.25, -0.2) is 9.97 Å². The average Bonchev–Trinajstić information content (AvgIpc) is 2.28. The van der Waals surface area contributed by atoms with Crippen LogP contribution >= 0.6 is 31.9 Å². The van der Waals surface area contributed by atoms with Gasteiger partial charge in [0.15, 0.2) is 0 Å². The fourth-order valence-corrected chi connectivity index (χ4v) is 2.61. The molecular weight excluding hydrogens is 346 g/mol. The molecule has 0 aliphatic heterocycles. The van der Waals surface area contributed by atoms with Crippen LogP contribution in [-0.4, -0.2) is 9.97 Å². The van der Waals surface area contributed by atoms with Gasteiger partial charge in [0, 0.05) is 20.8 Å². The Balaban J connectivity index is 2.07. The van der Waals surface area contributed by atoms with Gasteiger partial charge in [-0.3, -0.25) is 0 Å². The summed E-state index contributed by atoms with van der Waals surface area (Å²) in [6.07, 6.45) is 1.77. The number of hydrogen-bond donors (Lipinski definition) is 1. The molecule has 5 heteroatoms. The highest BCUT2D eigenvalue weighted by molar-refractivity contribution is 9.11. The molecule has 0 radical (unpaired) electrons. The lowest BCUT2D eigenvalue weighted by Gasteiger charge is -2.08. The number of hydrogen-bond acceptors (Lipinski definition) is 3. The van der Waals surface area contributed by atoms with Crippen LogP contribution in [0.2, 0.25) is 0 Å². The molecule has 0 aliphatic rings. The smallest absolute Gasteiger partial charge is 0.125 e. The first-order valence-electron chi connectivity index (χ1n) is 5.12. The van der Waals surface area contributed by atoms with Gasteiger partial charge in [-0.05, 0) is 47.1 Å². The van der Waals surface area contributed by atoms with Crippen LogP contribution in [0.3, 0.4) is 0 Å². The second-order valence-electron chi connectivity index (χ2n) is 3.57. The number of aromatic nitrogens is 2. The highest BCUT2D eigenvalue weighted by atomic mass is 79.9. The number of halogens is 2. The Kier molecular flexibility index (Phi) is 4.12. The van der Waals surface area contributed by atoms with Gasteiger partial charge >= 0.3 is 0 Å². The predicted molar refractivity (Wildman–Crippen MR) is 75.9 cm³/mol. The molecule has 0 saturated heterocycles. The lowest BCUT2D eigenvalue weighted by Crippen LogP contribution is -2.03. The SMILES string of the molecule is Cc1nccc(CNc2ccc(Br)cc2Br)n1. The number of benzene rings is 1. The molecule has 0 atom stereocenters. The topological polar surface area (TPSA) is 37.8 Å². The maximum absolute atomic E-state index is 4.34. The standard InChI is InChI=1S/C12H11Br2N3/c1-8-15-5-4-10(17-8)7-16-12-3-2-9(13)6-11(12)14/h2-6,16H,7H2,1H3. The van der Waals surface area contributed by atoms with E-state index in [4.69, 9.17) is 0 Å². The van der Waals surface area contributed by atoms with Gasteiger partial charge in [0.05, 0.1) is 12.2 Å². The van der Waals surface area contributed by atoms with Crippen molar-refractivity contribution in [3.8, 4) is 0 Å². The summed E-state index contributed by atoms with van der Waals surface area (Å²) in [5.74, 6) is 0.791. The van der Waals surface area contributed by atoms with Gasteiger partial charge in [-0.2, -0.15) is 0 Å². The summed E-state index contributed by atoms with van der Waals surface area (Å²) in [4.78, 5) is 8.41. The van der Waals surface area contributed by atoms with E-state index < -0.39 is 0 Å². The number of nitrogens with one attached hydrogen (secondary N) is 1. The summed E-state index contributed by atoms with van der Waals surface area (Å²) in [6, 6.07) is 7.93. The zero-order valence-electron chi connectivity index (χ0n) is 9.24. The average molecular weight is 357 g/mol. The van der Waals surface area contributed by atoms with Crippen molar-refractivity contribution in [3.05, 3.63) is 50.9 Å². The number of anilines is 1. The van der Waals surface area contributed by atoms with Crippen LogP contribution in [0.4, 0.5) is 5.69 Å². The molecule has 2 aromatic rings. The highest BCUT2D eigenvalue weighted by Gasteiger charge is 2.01. The monoisotopic (exact) mass is 355 g/mol. The van der Waals surface area contributed by atoms with Crippen LogP contribution < -0.4 is 5.32 Å². The lowest BCUT2D eigenvalue weighted by molar-refractivity contribution is 0.955. The lowest BCUT2D eigenvalue weighted by atomic mass is 10.3. The summed E-state index contributed by atoms with van der Waals surface area (Å²) >= 11 is 6.93. The largest absolute Gasteiger partial charge is 0.378 e. The molecule has 88 valence electrons. The minimum absolute atomic E-state index is 0.684. The molecule has 1 aromatic carbocycles. The molecule has 0 saturated carbocycles. The van der Waals surface area contributed by atoms with Gasteiger partial charge in [-0.1, -0.05) is 15.9 Å². The minimum Gasteiger partial charge on any atom is -0.378 e. The Labute approximate surface area is 117 Å². The molecule has 0 aliphatic carbocycles. The van der Waals surface area contributed by atoms with Crippen LogP contribution in [0.25, 0.3) is 0 Å². The first-order chi connectivity index (χ1) is 8.15. The van der Waals surface area contributed by atoms with E-state index in [-0.39, 0.29) is 0 Å². The van der Waals surface area contributed by atoms with Crippen molar-refractivity contribution in [2.24, 2.45) is 0 Å². The van der Waals surface area contributed by atoms with Crippen molar-refractivity contribution in [1.82, 2.24) is 9.97 Å². The molecule has 0 spiro atoms. The van der Waals surface area contributed by atoms with Crippen LogP contribution in [0, 0.1) is 6.92 Å². The maximum atomic E-state index is 4.34. The molecular formula is C12H11Br2N3. The van der Waals surface area contributed by atoms with E-state index in [9.17, 15) is 0 Å². The summed E-state index contributed by atoms with van der Waals surface area (Å²) in [5.41, 5.74) is 2.02. The van der Waals surface area contributed by atoms with E-state index >= 15 is 0 Å². The van der Waals surface area contributed by atoms with Gasteiger partial charge < -0.3 is 5.32 Å². The van der Waals surface area contributed by atoms with Gasteiger partial charge in [0.1, 0.15) is 5.82 Å². The zero-order valence-corrected chi connectivity index (χ0v) is 12.4. The maximum Gasteiger partial charge on any atom is 0.125 e. The van der Waals surface area contributed by atoms with Crippen LogP contribution in [0.5, 0.6) is 0 Å². The molecule has 2 rings (SSSR count). The van der Waals surface area contributed by atoms with Crippen molar-refractivity contribution < 1.29 is 0 Å². The summed E-state index contributed by atoms with van der Waals surface area (Å²) in [6.45, 7) is 2.57. The second-order valence-corrected chi connectivity index (χ2v) is 5.34. The third-order valence-electron chi connectivity index (χ3n) is 2.22. The molecule has 0 fully saturated rings. The second kappa shape index (κ2) is 5.60. The van der Waals surface area contributed by atoms with Crippen LogP contribution in [-0.2, 0) is 6.54 Å². The van der Waals surface area contributed by atoms with E-state index in [1.807, 2.05) is 31.2 Å². The fourth-order valence-electron chi connectivity index (χ4n) is 1.42. The Morgan fingerprint density at radius 3 is 2.76 bits per heavy atom. The van der Waals surface area contributed by atoms with Crippen molar-refractivity contribution in [2.45, 2.75) is 13.5 Å². The molecule has 17 heavy (non-hydrogen) atoms. The molecule has 0 bridgehead atoms. The third kappa shape index (κ3) is 3.51. The van der Waals surface area contributed by atoms with Crippen LogP contribution in [0.1, 0.15) is 11.5 Å². The third-order valence-corrected chi connectivity index (χ3v) is 3.37. The molecule has 1 N–H and O–H groups in total. The molecule has 3 nitrogen and oxygen atoms in total. The van der Waals surface area contributed by atoms with E-state index in [1.165, 1.54) is 0 Å². The van der Waals surface area contributed by atoms with Crippen molar-refractivity contribution in [3.63, 3.8) is 0 Å². The highest BCUT2D eigenvalue weighted by Crippen LogP contribution is 2.26. The zero-order chi connectivity index (χ0) is 12.3. The van der Waals surface area contributed by atoms with E-state index in [0.717, 1.165) is 26.2 Å². The van der Waals surface area contributed by atoms with Gasteiger partial charge in [-0.15, -0.1) is 0 Å². The van der Waals surface area contributed by atoms with Crippen molar-refractivity contribution in [1.29, 1.82) is 0 Å². The summed E-state index contributed by atoms with van der Waals surface area (Å²) in [7, 11) is 0. The van der Waals surface area contributed by atoms with E-state index in [1.54, 1.807) is 6.20 Å². The number of aryl methyl sites for hydroxylation is 1. The number of rotatable bonds is 3.